The molecule has 0 aliphatic carbocycles. The SMILES string of the molecule is Cc1ccccc1CC(=O)N1CCCC[C@@H]1c1nc2c(c(=O)[nH]1)CN(S(C)(=O)=O)CC2. The average Bonchev–Trinajstić information content (AvgIpc) is 2.74. The predicted molar refractivity (Wildman–Crippen MR) is 117 cm³/mol. The second-order valence-corrected chi connectivity index (χ2v) is 10.4. The van der Waals surface area contributed by atoms with Crippen LogP contribution in [-0.2, 0) is 34.2 Å². The molecule has 2 aromatic rings. The van der Waals surface area contributed by atoms with E-state index in [1.165, 1.54) is 4.31 Å². The molecule has 1 amide bonds. The third-order valence-corrected chi connectivity index (χ3v) is 7.51. The number of fused-ring (bicyclic) bond motifs is 1. The number of aryl methyl sites for hydroxylation is 1. The highest BCUT2D eigenvalue weighted by molar-refractivity contribution is 7.88. The monoisotopic (exact) mass is 444 g/mol. The van der Waals surface area contributed by atoms with Gasteiger partial charge in [-0.25, -0.2) is 13.4 Å². The van der Waals surface area contributed by atoms with Crippen LogP contribution in [0.15, 0.2) is 29.1 Å². The molecule has 0 saturated carbocycles. The molecule has 1 aromatic heterocycles. The number of amides is 1. The van der Waals surface area contributed by atoms with Crippen LogP contribution in [0.5, 0.6) is 0 Å². The number of piperidine rings is 1. The van der Waals surface area contributed by atoms with Gasteiger partial charge in [0, 0.05) is 26.1 Å². The zero-order valence-corrected chi connectivity index (χ0v) is 18.7. The molecular formula is C22H28N4O4S. The summed E-state index contributed by atoms with van der Waals surface area (Å²) in [5, 5.41) is 0. The predicted octanol–water partition coefficient (Wildman–Crippen LogP) is 1.69. The molecule has 1 N–H and O–H groups in total. The van der Waals surface area contributed by atoms with Gasteiger partial charge in [-0.2, -0.15) is 4.31 Å². The number of carbonyl (C=O) groups is 1. The quantitative estimate of drug-likeness (QED) is 0.773. The summed E-state index contributed by atoms with van der Waals surface area (Å²) in [5.41, 5.74) is 2.81. The van der Waals surface area contributed by atoms with Gasteiger partial charge in [-0.05, 0) is 37.3 Å². The van der Waals surface area contributed by atoms with Crippen molar-refractivity contribution in [1.29, 1.82) is 0 Å². The molecule has 1 saturated heterocycles. The second-order valence-electron chi connectivity index (χ2n) is 8.42. The minimum atomic E-state index is -3.37. The van der Waals surface area contributed by atoms with E-state index in [4.69, 9.17) is 4.98 Å². The first-order valence-corrected chi connectivity index (χ1v) is 12.5. The van der Waals surface area contributed by atoms with Crippen LogP contribution in [0.25, 0.3) is 0 Å². The second kappa shape index (κ2) is 8.55. The van der Waals surface area contributed by atoms with Gasteiger partial charge in [-0.1, -0.05) is 24.3 Å². The highest BCUT2D eigenvalue weighted by Gasteiger charge is 2.32. The number of hydrogen-bond acceptors (Lipinski definition) is 5. The number of H-pyrrole nitrogens is 1. The van der Waals surface area contributed by atoms with Gasteiger partial charge >= 0.3 is 0 Å². The molecule has 1 atom stereocenters. The third kappa shape index (κ3) is 4.57. The zero-order valence-electron chi connectivity index (χ0n) is 17.9. The van der Waals surface area contributed by atoms with Crippen molar-refractivity contribution in [2.75, 3.05) is 19.3 Å². The number of nitrogens with zero attached hydrogens (tertiary/aromatic N) is 3. The van der Waals surface area contributed by atoms with Gasteiger partial charge < -0.3 is 9.88 Å². The first kappa shape index (κ1) is 21.7. The molecule has 1 aromatic carbocycles. The number of nitrogens with one attached hydrogen (secondary N) is 1. The van der Waals surface area contributed by atoms with Crippen LogP contribution in [0, 0.1) is 6.92 Å². The Labute approximate surface area is 182 Å². The summed E-state index contributed by atoms with van der Waals surface area (Å²) in [4.78, 5) is 35.4. The van der Waals surface area contributed by atoms with Crippen molar-refractivity contribution in [2.45, 2.75) is 51.6 Å². The van der Waals surface area contributed by atoms with Crippen LogP contribution in [0.1, 0.15) is 53.5 Å². The molecule has 166 valence electrons. The largest absolute Gasteiger partial charge is 0.332 e. The summed E-state index contributed by atoms with van der Waals surface area (Å²) in [5.74, 6) is 0.539. The number of carbonyl (C=O) groups excluding carboxylic acids is 1. The summed E-state index contributed by atoms with van der Waals surface area (Å²) in [6.07, 6.45) is 4.49. The zero-order chi connectivity index (χ0) is 22.2. The van der Waals surface area contributed by atoms with Crippen molar-refractivity contribution in [1.82, 2.24) is 19.2 Å². The van der Waals surface area contributed by atoms with Gasteiger partial charge in [0.15, 0.2) is 0 Å². The molecular weight excluding hydrogens is 416 g/mol. The number of aromatic amines is 1. The lowest BCUT2D eigenvalue weighted by Gasteiger charge is -2.36. The summed E-state index contributed by atoms with van der Waals surface area (Å²) in [6.45, 7) is 2.98. The minimum absolute atomic E-state index is 0.0302. The topological polar surface area (TPSA) is 103 Å². The van der Waals surface area contributed by atoms with E-state index in [0.717, 1.165) is 36.6 Å². The number of likely N-dealkylation sites (tertiary alicyclic amines) is 1. The normalized spacial score (nSPS) is 19.8. The van der Waals surface area contributed by atoms with Crippen molar-refractivity contribution in [3.8, 4) is 0 Å². The van der Waals surface area contributed by atoms with E-state index < -0.39 is 10.0 Å². The maximum atomic E-state index is 13.2. The third-order valence-electron chi connectivity index (χ3n) is 6.26. The first-order valence-electron chi connectivity index (χ1n) is 10.6. The van der Waals surface area contributed by atoms with E-state index in [9.17, 15) is 18.0 Å². The fraction of sp³-hybridized carbons (Fsp3) is 0.500. The van der Waals surface area contributed by atoms with E-state index in [0.29, 0.717) is 43.0 Å². The number of aromatic nitrogens is 2. The summed E-state index contributed by atoms with van der Waals surface area (Å²) in [7, 11) is -3.37. The van der Waals surface area contributed by atoms with Crippen molar-refractivity contribution in [2.24, 2.45) is 0 Å². The molecule has 9 heteroatoms. The van der Waals surface area contributed by atoms with Crippen LogP contribution >= 0.6 is 0 Å². The Balaban J connectivity index is 1.60. The van der Waals surface area contributed by atoms with Crippen LogP contribution in [0.3, 0.4) is 0 Å². The standard InChI is InChI=1S/C22H28N4O4S/c1-15-7-3-4-8-16(15)13-20(27)26-11-6-5-9-19(26)21-23-18-10-12-25(31(2,29)30)14-17(18)22(28)24-21/h3-4,7-8,19H,5-6,9-14H2,1-2H3,(H,23,24,28)/t19-/m1/s1. The van der Waals surface area contributed by atoms with Crippen molar-refractivity contribution < 1.29 is 13.2 Å². The molecule has 31 heavy (non-hydrogen) atoms. The Hall–Kier alpha value is -2.52. The molecule has 2 aliphatic rings. The molecule has 4 rings (SSSR count). The molecule has 0 bridgehead atoms. The number of rotatable bonds is 4. The van der Waals surface area contributed by atoms with Crippen molar-refractivity contribution in [3.05, 3.63) is 62.8 Å². The Morgan fingerprint density at radius 1 is 1.23 bits per heavy atom. The van der Waals surface area contributed by atoms with Crippen LogP contribution < -0.4 is 5.56 Å². The summed E-state index contributed by atoms with van der Waals surface area (Å²) >= 11 is 0. The summed E-state index contributed by atoms with van der Waals surface area (Å²) in [6, 6.07) is 7.60. The maximum absolute atomic E-state index is 13.2. The Morgan fingerprint density at radius 3 is 2.74 bits per heavy atom. The Morgan fingerprint density at radius 2 is 2.00 bits per heavy atom. The van der Waals surface area contributed by atoms with Gasteiger partial charge in [0.05, 0.1) is 30.0 Å². The van der Waals surface area contributed by atoms with Gasteiger partial charge in [-0.15, -0.1) is 0 Å². The Kier molecular flexibility index (Phi) is 5.98. The fourth-order valence-electron chi connectivity index (χ4n) is 4.45. The van der Waals surface area contributed by atoms with E-state index in [2.05, 4.69) is 4.98 Å². The smallest absolute Gasteiger partial charge is 0.255 e. The van der Waals surface area contributed by atoms with Crippen LogP contribution in [-0.4, -0.2) is 52.8 Å². The van der Waals surface area contributed by atoms with Crippen LogP contribution in [0.2, 0.25) is 0 Å². The minimum Gasteiger partial charge on any atom is -0.332 e. The molecule has 3 heterocycles. The van der Waals surface area contributed by atoms with Crippen molar-refractivity contribution >= 4 is 15.9 Å². The average molecular weight is 445 g/mol. The lowest BCUT2D eigenvalue weighted by Crippen LogP contribution is -2.43. The fourth-order valence-corrected chi connectivity index (χ4v) is 5.23. The molecule has 0 spiro atoms. The number of hydrogen-bond donors (Lipinski definition) is 1. The first-order chi connectivity index (χ1) is 14.7. The van der Waals surface area contributed by atoms with E-state index >= 15 is 0 Å². The molecule has 1 fully saturated rings. The highest BCUT2D eigenvalue weighted by Crippen LogP contribution is 2.30. The number of benzene rings is 1. The Bertz CT molecular complexity index is 1160. The number of sulfonamides is 1. The molecule has 8 nitrogen and oxygen atoms in total. The van der Waals surface area contributed by atoms with Crippen molar-refractivity contribution in [3.63, 3.8) is 0 Å². The lowest BCUT2D eigenvalue weighted by molar-refractivity contribution is -0.134. The van der Waals surface area contributed by atoms with Gasteiger partial charge in [0.25, 0.3) is 5.56 Å². The van der Waals surface area contributed by atoms with Gasteiger partial charge in [-0.3, -0.25) is 9.59 Å². The van der Waals surface area contributed by atoms with Gasteiger partial charge in [0.1, 0.15) is 5.82 Å². The molecule has 2 aliphatic heterocycles. The van der Waals surface area contributed by atoms with E-state index in [1.54, 1.807) is 0 Å². The molecule has 0 radical (unpaired) electrons. The maximum Gasteiger partial charge on any atom is 0.255 e. The highest BCUT2D eigenvalue weighted by atomic mass is 32.2. The van der Waals surface area contributed by atoms with Crippen LogP contribution in [0.4, 0.5) is 0 Å². The summed E-state index contributed by atoms with van der Waals surface area (Å²) < 4.78 is 25.0. The lowest BCUT2D eigenvalue weighted by atomic mass is 9.98. The van der Waals surface area contributed by atoms with E-state index in [-0.39, 0.29) is 24.1 Å². The van der Waals surface area contributed by atoms with Gasteiger partial charge in [0.2, 0.25) is 15.9 Å². The van der Waals surface area contributed by atoms with E-state index in [1.807, 2.05) is 36.1 Å². The molecule has 0 unspecified atom stereocenters.